The van der Waals surface area contributed by atoms with Gasteiger partial charge in [0.25, 0.3) is 5.89 Å². The van der Waals surface area contributed by atoms with E-state index >= 15 is 0 Å². The summed E-state index contributed by atoms with van der Waals surface area (Å²) in [5.41, 5.74) is 4.81. The Morgan fingerprint density at radius 1 is 0.581 bits per heavy atom. The predicted molar refractivity (Wildman–Crippen MR) is 120 cm³/mol. The Hall–Kier alpha value is -4.38. The minimum Gasteiger partial charge on any atom is -0.453 e. The third-order valence-corrected chi connectivity index (χ3v) is 5.26. The topological polar surface area (TPSA) is 51.4 Å². The largest absolute Gasteiger partial charge is 0.453 e. The van der Waals surface area contributed by atoms with Gasteiger partial charge in [0, 0.05) is 16.8 Å². The van der Waals surface area contributed by atoms with Gasteiger partial charge in [0.2, 0.25) is 5.82 Å². The second-order valence-electron chi connectivity index (χ2n) is 7.21. The summed E-state index contributed by atoms with van der Waals surface area (Å²) < 4.78 is 11.6. The lowest BCUT2D eigenvalue weighted by Crippen LogP contribution is -2.15. The number of rotatable bonds is 3. The normalized spacial score (nSPS) is 12.1. The average molecular weight is 403 g/mol. The van der Waals surface area contributed by atoms with Crippen molar-refractivity contribution in [2.24, 2.45) is 0 Å². The van der Waals surface area contributed by atoms with Crippen LogP contribution in [0.2, 0.25) is 0 Å². The first-order valence-electron chi connectivity index (χ1n) is 10.0. The molecule has 148 valence electrons. The number of fused-ring (bicyclic) bond motifs is 2. The van der Waals surface area contributed by atoms with Crippen molar-refractivity contribution < 1.29 is 9.26 Å². The maximum atomic E-state index is 6.09. The predicted octanol–water partition coefficient (Wildman–Crippen LogP) is 6.98. The fraction of sp³-hybridized carbons (Fsp3) is 0. The first-order chi connectivity index (χ1) is 15.4. The monoisotopic (exact) mass is 403 g/mol. The van der Waals surface area contributed by atoms with Crippen LogP contribution in [0, 0.1) is 0 Å². The number of hydrogen-bond donors (Lipinski definition) is 0. The Kier molecular flexibility index (Phi) is 4.03. The third-order valence-electron chi connectivity index (χ3n) is 5.26. The summed E-state index contributed by atoms with van der Waals surface area (Å²) in [6.45, 7) is 0. The van der Waals surface area contributed by atoms with Gasteiger partial charge in [-0.15, -0.1) is 0 Å². The molecule has 0 radical (unpaired) electrons. The van der Waals surface area contributed by atoms with Crippen molar-refractivity contribution in [1.29, 1.82) is 0 Å². The van der Waals surface area contributed by atoms with E-state index in [-0.39, 0.29) is 0 Å². The van der Waals surface area contributed by atoms with Gasteiger partial charge in [-0.05, 0) is 48.5 Å². The Balaban J connectivity index is 1.37. The Bertz CT molecular complexity index is 1320. The molecule has 6 rings (SSSR count). The molecule has 4 aromatic carbocycles. The van der Waals surface area contributed by atoms with Gasteiger partial charge in [0.05, 0.1) is 11.4 Å². The molecule has 2 heterocycles. The van der Waals surface area contributed by atoms with Crippen LogP contribution in [-0.2, 0) is 0 Å². The molecule has 1 aliphatic heterocycles. The molecule has 0 atom stereocenters. The van der Waals surface area contributed by atoms with E-state index in [0.717, 1.165) is 39.7 Å². The molecule has 0 unspecified atom stereocenters. The third kappa shape index (κ3) is 3.04. The molecule has 0 bridgehead atoms. The van der Waals surface area contributed by atoms with Crippen LogP contribution in [0.25, 0.3) is 22.8 Å². The van der Waals surface area contributed by atoms with Crippen LogP contribution < -0.4 is 9.64 Å². The van der Waals surface area contributed by atoms with Crippen LogP contribution in [0.15, 0.2) is 108 Å². The van der Waals surface area contributed by atoms with Gasteiger partial charge in [-0.3, -0.25) is 0 Å². The van der Waals surface area contributed by atoms with Crippen LogP contribution in [0.5, 0.6) is 11.5 Å². The SMILES string of the molecule is c1ccc(-c2noc(-c3ccc(N4c5ccccc5Oc5ccccc54)cc3)n2)cc1. The molecule has 0 saturated heterocycles. The zero-order valence-electron chi connectivity index (χ0n) is 16.5. The van der Waals surface area contributed by atoms with Crippen LogP contribution in [0.4, 0.5) is 17.1 Å². The lowest BCUT2D eigenvalue weighted by atomic mass is 10.1. The van der Waals surface area contributed by atoms with Crippen LogP contribution >= 0.6 is 0 Å². The highest BCUT2D eigenvalue weighted by Crippen LogP contribution is 2.50. The number of benzene rings is 4. The molecule has 5 nitrogen and oxygen atoms in total. The maximum Gasteiger partial charge on any atom is 0.258 e. The highest BCUT2D eigenvalue weighted by atomic mass is 16.5. The number of anilines is 3. The number of hydrogen-bond acceptors (Lipinski definition) is 5. The highest BCUT2D eigenvalue weighted by molar-refractivity contribution is 5.86. The minimum absolute atomic E-state index is 0.494. The second-order valence-corrected chi connectivity index (χ2v) is 7.21. The van der Waals surface area contributed by atoms with Crippen molar-refractivity contribution >= 4 is 17.1 Å². The van der Waals surface area contributed by atoms with Gasteiger partial charge in [-0.2, -0.15) is 4.98 Å². The van der Waals surface area contributed by atoms with E-state index in [1.165, 1.54) is 0 Å². The molecular weight excluding hydrogens is 386 g/mol. The molecule has 0 saturated carbocycles. The summed E-state index contributed by atoms with van der Waals surface area (Å²) >= 11 is 0. The minimum atomic E-state index is 0.494. The quantitative estimate of drug-likeness (QED) is 0.319. The van der Waals surface area contributed by atoms with Crippen molar-refractivity contribution in [3.05, 3.63) is 103 Å². The van der Waals surface area contributed by atoms with Crippen molar-refractivity contribution in [3.63, 3.8) is 0 Å². The number of nitrogens with zero attached hydrogens (tertiary/aromatic N) is 3. The van der Waals surface area contributed by atoms with Gasteiger partial charge >= 0.3 is 0 Å². The van der Waals surface area contributed by atoms with E-state index in [9.17, 15) is 0 Å². The number of aromatic nitrogens is 2. The lowest BCUT2D eigenvalue weighted by Gasteiger charge is -2.32. The number of ether oxygens (including phenoxy) is 1. The van der Waals surface area contributed by atoms with E-state index in [0.29, 0.717) is 11.7 Å². The van der Waals surface area contributed by atoms with Crippen LogP contribution in [0.3, 0.4) is 0 Å². The molecule has 0 amide bonds. The van der Waals surface area contributed by atoms with E-state index in [4.69, 9.17) is 9.26 Å². The summed E-state index contributed by atoms with van der Waals surface area (Å²) in [5, 5.41) is 4.12. The second kappa shape index (κ2) is 7.15. The molecule has 5 aromatic rings. The van der Waals surface area contributed by atoms with E-state index in [1.807, 2.05) is 78.9 Å². The smallest absolute Gasteiger partial charge is 0.258 e. The number of para-hydroxylation sites is 4. The highest BCUT2D eigenvalue weighted by Gasteiger charge is 2.25. The fourth-order valence-corrected chi connectivity index (χ4v) is 3.78. The van der Waals surface area contributed by atoms with Crippen molar-refractivity contribution in [2.45, 2.75) is 0 Å². The molecule has 31 heavy (non-hydrogen) atoms. The standard InChI is InChI=1S/C26H17N3O2/c1-2-8-18(9-3-1)25-27-26(31-28-25)19-14-16-20(17-15-19)29-21-10-4-6-12-23(21)30-24-13-7-5-11-22(24)29/h1-17H. The van der Waals surface area contributed by atoms with E-state index in [2.05, 4.69) is 39.3 Å². The first-order valence-corrected chi connectivity index (χ1v) is 10.0. The van der Waals surface area contributed by atoms with Gasteiger partial charge in [0.15, 0.2) is 11.5 Å². The Labute approximate surface area is 179 Å². The van der Waals surface area contributed by atoms with E-state index < -0.39 is 0 Å². The average Bonchev–Trinajstić information content (AvgIpc) is 3.34. The molecule has 1 aromatic heterocycles. The summed E-state index contributed by atoms with van der Waals surface area (Å²) in [6, 6.07) is 34.0. The fourth-order valence-electron chi connectivity index (χ4n) is 3.78. The summed E-state index contributed by atoms with van der Waals surface area (Å²) in [6.07, 6.45) is 0. The van der Waals surface area contributed by atoms with Crippen LogP contribution in [-0.4, -0.2) is 10.1 Å². The Morgan fingerprint density at radius 2 is 1.19 bits per heavy atom. The lowest BCUT2D eigenvalue weighted by molar-refractivity contribution is 0.432. The van der Waals surface area contributed by atoms with Gasteiger partial charge < -0.3 is 14.2 Å². The van der Waals surface area contributed by atoms with Crippen molar-refractivity contribution in [1.82, 2.24) is 10.1 Å². The van der Waals surface area contributed by atoms with Gasteiger partial charge in [-0.25, -0.2) is 0 Å². The summed E-state index contributed by atoms with van der Waals surface area (Å²) in [7, 11) is 0. The van der Waals surface area contributed by atoms with E-state index in [1.54, 1.807) is 0 Å². The summed E-state index contributed by atoms with van der Waals surface area (Å²) in [5.74, 6) is 2.73. The summed E-state index contributed by atoms with van der Waals surface area (Å²) in [4.78, 5) is 6.75. The zero-order chi connectivity index (χ0) is 20.6. The van der Waals surface area contributed by atoms with Gasteiger partial charge in [-0.1, -0.05) is 59.8 Å². The molecule has 0 aliphatic carbocycles. The first kappa shape index (κ1) is 17.5. The molecule has 0 N–H and O–H groups in total. The Morgan fingerprint density at radius 3 is 1.87 bits per heavy atom. The molecule has 0 spiro atoms. The van der Waals surface area contributed by atoms with Crippen LogP contribution in [0.1, 0.15) is 0 Å². The zero-order valence-corrected chi connectivity index (χ0v) is 16.5. The van der Waals surface area contributed by atoms with Crippen molar-refractivity contribution in [2.75, 3.05) is 4.90 Å². The molecule has 5 heteroatoms. The van der Waals surface area contributed by atoms with Gasteiger partial charge in [0.1, 0.15) is 0 Å². The molecule has 0 fully saturated rings. The molecule has 1 aliphatic rings. The maximum absolute atomic E-state index is 6.09. The molecular formula is C26H17N3O2. The van der Waals surface area contributed by atoms with Crippen molar-refractivity contribution in [3.8, 4) is 34.3 Å².